The molecule has 2 aromatic rings. The van der Waals surface area contributed by atoms with Gasteiger partial charge >= 0.3 is 11.8 Å². The predicted octanol–water partition coefficient (Wildman–Crippen LogP) is 0.830. The summed E-state index contributed by atoms with van der Waals surface area (Å²) in [6.07, 6.45) is -0.913. The van der Waals surface area contributed by atoms with Crippen LogP contribution in [0.15, 0.2) is 48.5 Å². The first-order chi connectivity index (χ1) is 13.0. The Hall–Kier alpha value is -3.39. The van der Waals surface area contributed by atoms with E-state index in [4.69, 9.17) is 4.74 Å². The number of nitrogens with zero attached hydrogens (tertiary/aromatic N) is 1. The first-order valence-electron chi connectivity index (χ1n) is 8.31. The summed E-state index contributed by atoms with van der Waals surface area (Å²) >= 11 is 0. The number of aliphatic hydroxyl groups excluding tert-OH is 1. The Labute approximate surface area is 155 Å². The van der Waals surface area contributed by atoms with Gasteiger partial charge in [-0.1, -0.05) is 30.3 Å². The lowest BCUT2D eigenvalue weighted by Gasteiger charge is -2.26. The molecule has 2 aromatic carbocycles. The van der Waals surface area contributed by atoms with E-state index in [0.717, 1.165) is 0 Å². The molecule has 8 nitrogen and oxygen atoms in total. The van der Waals surface area contributed by atoms with Crippen LogP contribution >= 0.6 is 0 Å². The molecule has 1 atom stereocenters. The molecule has 0 fully saturated rings. The summed E-state index contributed by atoms with van der Waals surface area (Å²) in [5.41, 5.74) is 1.49. The number of ether oxygens (including phenoxy) is 1. The summed E-state index contributed by atoms with van der Waals surface area (Å²) in [5.74, 6) is -1.44. The highest BCUT2D eigenvalue weighted by Crippen LogP contribution is 2.33. The van der Waals surface area contributed by atoms with Crippen LogP contribution in [0.5, 0.6) is 5.75 Å². The molecule has 0 bridgehead atoms. The first-order valence-corrected chi connectivity index (χ1v) is 8.31. The second-order valence-corrected chi connectivity index (χ2v) is 6.01. The van der Waals surface area contributed by atoms with Crippen LogP contribution in [0.1, 0.15) is 11.7 Å². The van der Waals surface area contributed by atoms with Crippen LogP contribution in [0.4, 0.5) is 11.4 Å². The van der Waals surface area contributed by atoms with E-state index in [0.29, 0.717) is 22.7 Å². The van der Waals surface area contributed by atoms with E-state index < -0.39 is 17.9 Å². The van der Waals surface area contributed by atoms with E-state index in [9.17, 15) is 19.5 Å². The average Bonchev–Trinajstić information content (AvgIpc) is 2.69. The van der Waals surface area contributed by atoms with Crippen molar-refractivity contribution in [2.24, 2.45) is 0 Å². The lowest BCUT2D eigenvalue weighted by Crippen LogP contribution is -2.38. The molecule has 0 aliphatic carbocycles. The fraction of sp³-hybridized carbons (Fsp3) is 0.211. The van der Waals surface area contributed by atoms with Crippen LogP contribution in [0.3, 0.4) is 0 Å². The Bertz CT molecular complexity index is 869. The van der Waals surface area contributed by atoms with Crippen LogP contribution in [-0.2, 0) is 14.4 Å². The fourth-order valence-electron chi connectivity index (χ4n) is 2.60. The molecule has 3 N–H and O–H groups in total. The second kappa shape index (κ2) is 7.88. The van der Waals surface area contributed by atoms with Crippen LogP contribution in [0.2, 0.25) is 0 Å². The van der Waals surface area contributed by atoms with Crippen molar-refractivity contribution in [1.29, 1.82) is 0 Å². The molecule has 140 valence electrons. The van der Waals surface area contributed by atoms with Crippen molar-refractivity contribution >= 4 is 29.1 Å². The molecule has 3 rings (SSSR count). The van der Waals surface area contributed by atoms with Gasteiger partial charge in [0.2, 0.25) is 0 Å². The summed E-state index contributed by atoms with van der Waals surface area (Å²) in [6, 6.07) is 13.6. The Balaban J connectivity index is 1.59. The van der Waals surface area contributed by atoms with E-state index in [1.54, 1.807) is 49.5 Å². The molecule has 0 aromatic heterocycles. The minimum absolute atomic E-state index is 0.0403. The zero-order chi connectivity index (χ0) is 19.4. The largest absolute Gasteiger partial charge is 0.482 e. The van der Waals surface area contributed by atoms with Gasteiger partial charge < -0.3 is 25.4 Å². The SMILES string of the molecule is CN1C(=O)COc2ccc(NC(=O)C(=O)NC[C@@H](O)c3ccccc3)cc21. The number of nitrogens with one attached hydrogen (secondary N) is 2. The zero-order valence-electron chi connectivity index (χ0n) is 14.6. The Morgan fingerprint density at radius 3 is 2.67 bits per heavy atom. The van der Waals surface area contributed by atoms with Gasteiger partial charge in [0.1, 0.15) is 5.75 Å². The van der Waals surface area contributed by atoms with Gasteiger partial charge in [-0.2, -0.15) is 0 Å². The van der Waals surface area contributed by atoms with Crippen molar-refractivity contribution in [2.75, 3.05) is 30.4 Å². The maximum Gasteiger partial charge on any atom is 0.313 e. The van der Waals surface area contributed by atoms with Gasteiger partial charge in [0, 0.05) is 19.3 Å². The number of benzene rings is 2. The zero-order valence-corrected chi connectivity index (χ0v) is 14.6. The van der Waals surface area contributed by atoms with Crippen LogP contribution in [-0.4, -0.2) is 43.0 Å². The van der Waals surface area contributed by atoms with Crippen LogP contribution in [0, 0.1) is 0 Å². The molecule has 1 aliphatic rings. The number of aliphatic hydroxyl groups is 1. The van der Waals surface area contributed by atoms with Gasteiger partial charge in [-0.15, -0.1) is 0 Å². The second-order valence-electron chi connectivity index (χ2n) is 6.01. The molecule has 8 heteroatoms. The van der Waals surface area contributed by atoms with E-state index in [-0.39, 0.29) is 19.1 Å². The van der Waals surface area contributed by atoms with Gasteiger partial charge in [-0.05, 0) is 23.8 Å². The fourth-order valence-corrected chi connectivity index (χ4v) is 2.60. The molecule has 0 spiro atoms. The quantitative estimate of drug-likeness (QED) is 0.692. The van der Waals surface area contributed by atoms with Gasteiger partial charge in [-0.25, -0.2) is 0 Å². The van der Waals surface area contributed by atoms with Crippen molar-refractivity contribution in [1.82, 2.24) is 5.32 Å². The van der Waals surface area contributed by atoms with Gasteiger partial charge in [0.25, 0.3) is 5.91 Å². The van der Waals surface area contributed by atoms with Crippen molar-refractivity contribution in [3.8, 4) is 5.75 Å². The third kappa shape index (κ3) is 4.24. The van der Waals surface area contributed by atoms with Crippen LogP contribution < -0.4 is 20.3 Å². The van der Waals surface area contributed by atoms with Crippen molar-refractivity contribution in [3.05, 3.63) is 54.1 Å². The molecule has 1 heterocycles. The summed E-state index contributed by atoms with van der Waals surface area (Å²) in [4.78, 5) is 37.1. The minimum Gasteiger partial charge on any atom is -0.482 e. The topological polar surface area (TPSA) is 108 Å². The third-order valence-electron chi connectivity index (χ3n) is 4.15. The standard InChI is InChI=1S/C19H19N3O5/c1-22-14-9-13(7-8-16(14)27-11-17(22)24)21-19(26)18(25)20-10-15(23)12-5-3-2-4-6-12/h2-9,15,23H,10-11H2,1H3,(H,20,25)(H,21,26)/t15-/m1/s1. The van der Waals surface area contributed by atoms with E-state index in [2.05, 4.69) is 10.6 Å². The number of hydrogen-bond donors (Lipinski definition) is 3. The number of anilines is 2. The van der Waals surface area contributed by atoms with Crippen molar-refractivity contribution < 1.29 is 24.2 Å². The van der Waals surface area contributed by atoms with Gasteiger partial charge in [0.05, 0.1) is 11.8 Å². The number of likely N-dealkylation sites (N-methyl/N-ethyl adjacent to an activating group) is 1. The Morgan fingerprint density at radius 2 is 1.93 bits per heavy atom. The molecule has 0 radical (unpaired) electrons. The number of rotatable bonds is 4. The average molecular weight is 369 g/mol. The predicted molar refractivity (Wildman–Crippen MR) is 98.4 cm³/mol. The number of fused-ring (bicyclic) bond motifs is 1. The third-order valence-corrected chi connectivity index (χ3v) is 4.15. The summed E-state index contributed by atoms with van der Waals surface area (Å²) in [6.45, 7) is -0.132. The highest BCUT2D eigenvalue weighted by Gasteiger charge is 2.23. The molecular formula is C19H19N3O5. The molecular weight excluding hydrogens is 350 g/mol. The van der Waals surface area contributed by atoms with E-state index in [1.807, 2.05) is 6.07 Å². The number of hydrogen-bond acceptors (Lipinski definition) is 5. The summed E-state index contributed by atoms with van der Waals surface area (Å²) in [7, 11) is 1.60. The first kappa shape index (κ1) is 18.4. The van der Waals surface area contributed by atoms with E-state index in [1.165, 1.54) is 4.90 Å². The minimum atomic E-state index is -0.913. The van der Waals surface area contributed by atoms with Crippen molar-refractivity contribution in [3.63, 3.8) is 0 Å². The molecule has 3 amide bonds. The molecule has 27 heavy (non-hydrogen) atoms. The Kier molecular flexibility index (Phi) is 5.37. The van der Waals surface area contributed by atoms with Crippen molar-refractivity contribution in [2.45, 2.75) is 6.10 Å². The number of carbonyl (C=O) groups excluding carboxylic acids is 3. The maximum atomic E-state index is 12.1. The highest BCUT2D eigenvalue weighted by molar-refractivity contribution is 6.39. The van der Waals surface area contributed by atoms with E-state index >= 15 is 0 Å². The molecule has 1 aliphatic heterocycles. The summed E-state index contributed by atoms with van der Waals surface area (Å²) in [5, 5.41) is 14.9. The molecule has 0 saturated carbocycles. The highest BCUT2D eigenvalue weighted by atomic mass is 16.5. The maximum absolute atomic E-state index is 12.1. The van der Waals surface area contributed by atoms with Gasteiger partial charge in [0.15, 0.2) is 6.61 Å². The van der Waals surface area contributed by atoms with Gasteiger partial charge in [-0.3, -0.25) is 14.4 Å². The summed E-state index contributed by atoms with van der Waals surface area (Å²) < 4.78 is 5.31. The monoisotopic (exact) mass is 369 g/mol. The normalized spacial score (nSPS) is 14.0. The molecule has 0 saturated heterocycles. The molecule has 0 unspecified atom stereocenters. The smallest absolute Gasteiger partial charge is 0.313 e. The lowest BCUT2D eigenvalue weighted by atomic mass is 10.1. The number of carbonyl (C=O) groups is 3. The number of amides is 3. The lowest BCUT2D eigenvalue weighted by molar-refractivity contribution is -0.136. The van der Waals surface area contributed by atoms with Crippen LogP contribution in [0.25, 0.3) is 0 Å². The Morgan fingerprint density at radius 1 is 1.19 bits per heavy atom.